The van der Waals surface area contributed by atoms with Crippen LogP contribution in [0, 0.1) is 11.7 Å². The number of aromatic amines is 1. The van der Waals surface area contributed by atoms with Gasteiger partial charge in [-0.05, 0) is 43.4 Å². The molecule has 0 radical (unpaired) electrons. The minimum absolute atomic E-state index is 0.533. The molecule has 104 valence electrons. The molecule has 0 amide bonds. The van der Waals surface area contributed by atoms with E-state index in [0.29, 0.717) is 9.79 Å². The van der Waals surface area contributed by atoms with Crippen LogP contribution in [0.15, 0.2) is 24.3 Å². The number of pyridine rings is 1. The second kappa shape index (κ2) is 4.59. The van der Waals surface area contributed by atoms with Crippen LogP contribution in [0.4, 0.5) is 0 Å². The Morgan fingerprint density at radius 3 is 2.95 bits per heavy atom. The zero-order valence-corrected chi connectivity index (χ0v) is 13.2. The Balaban J connectivity index is 2.21. The highest BCUT2D eigenvalue weighted by atomic mass is 35.5. The van der Waals surface area contributed by atoms with Crippen molar-refractivity contribution in [1.29, 1.82) is 0 Å². The number of rotatable bonds is 1. The average molecular weight is 334 g/mol. The van der Waals surface area contributed by atoms with Gasteiger partial charge in [-0.25, -0.2) is 4.98 Å². The van der Waals surface area contributed by atoms with Gasteiger partial charge in [-0.1, -0.05) is 11.6 Å². The standard InChI is InChI=1S/C13H8ClN5S2/c1-6-2-4-9-12(15-6)19(13(20)16-9)11-7(14)3-5-8-10(11)18-21-17-8/h2-5H,1H3,(H,16,20). The van der Waals surface area contributed by atoms with Gasteiger partial charge in [0.25, 0.3) is 0 Å². The summed E-state index contributed by atoms with van der Waals surface area (Å²) in [5.41, 5.74) is 4.75. The molecule has 4 rings (SSSR count). The summed E-state index contributed by atoms with van der Waals surface area (Å²) in [5.74, 6) is 0. The molecule has 0 spiro atoms. The molecule has 0 aliphatic heterocycles. The monoisotopic (exact) mass is 333 g/mol. The molecular formula is C13H8ClN5S2. The Hall–Kier alpha value is -1.83. The topological polar surface area (TPSA) is 59.4 Å². The number of benzene rings is 1. The number of fused-ring (bicyclic) bond motifs is 2. The van der Waals surface area contributed by atoms with Gasteiger partial charge in [0.1, 0.15) is 11.0 Å². The van der Waals surface area contributed by atoms with E-state index in [2.05, 4.69) is 18.7 Å². The van der Waals surface area contributed by atoms with Gasteiger partial charge < -0.3 is 4.98 Å². The Kier molecular flexibility index (Phi) is 2.81. The quantitative estimate of drug-likeness (QED) is 0.534. The number of imidazole rings is 1. The van der Waals surface area contributed by atoms with Crippen LogP contribution < -0.4 is 0 Å². The molecule has 3 heterocycles. The molecule has 1 aromatic carbocycles. The van der Waals surface area contributed by atoms with Gasteiger partial charge >= 0.3 is 0 Å². The number of nitrogens with one attached hydrogen (secondary N) is 1. The van der Waals surface area contributed by atoms with Gasteiger partial charge in [0.05, 0.1) is 28.0 Å². The molecule has 0 saturated heterocycles. The van der Waals surface area contributed by atoms with Crippen LogP contribution in [0.3, 0.4) is 0 Å². The van der Waals surface area contributed by atoms with Crippen LogP contribution >= 0.6 is 35.5 Å². The predicted molar refractivity (Wildman–Crippen MR) is 87.0 cm³/mol. The molecule has 3 aromatic heterocycles. The molecule has 0 fully saturated rings. The zero-order chi connectivity index (χ0) is 14.6. The SMILES string of the molecule is Cc1ccc2[nH]c(=S)n(-c3c(Cl)ccc4nsnc34)c2n1. The first kappa shape index (κ1) is 12.9. The molecule has 4 aromatic rings. The van der Waals surface area contributed by atoms with Crippen LogP contribution in [-0.4, -0.2) is 23.3 Å². The number of nitrogens with zero attached hydrogens (tertiary/aromatic N) is 4. The molecule has 0 unspecified atom stereocenters. The average Bonchev–Trinajstić information content (AvgIpc) is 3.03. The summed E-state index contributed by atoms with van der Waals surface area (Å²) in [7, 11) is 0. The molecular weight excluding hydrogens is 326 g/mol. The predicted octanol–water partition coefficient (Wildman–Crippen LogP) is 4.05. The lowest BCUT2D eigenvalue weighted by atomic mass is 10.2. The lowest BCUT2D eigenvalue weighted by Gasteiger charge is -2.07. The van der Waals surface area contributed by atoms with Gasteiger partial charge in [-0.3, -0.25) is 4.57 Å². The number of aryl methyl sites for hydroxylation is 1. The highest BCUT2D eigenvalue weighted by Crippen LogP contribution is 2.31. The van der Waals surface area contributed by atoms with Crippen molar-refractivity contribution in [3.63, 3.8) is 0 Å². The molecule has 0 aliphatic rings. The van der Waals surface area contributed by atoms with E-state index in [-0.39, 0.29) is 0 Å². The lowest BCUT2D eigenvalue weighted by molar-refractivity contribution is 1.04. The first-order valence-electron chi connectivity index (χ1n) is 6.14. The smallest absolute Gasteiger partial charge is 0.184 e. The lowest BCUT2D eigenvalue weighted by Crippen LogP contribution is -1.98. The van der Waals surface area contributed by atoms with Crippen LogP contribution in [0.5, 0.6) is 0 Å². The van der Waals surface area contributed by atoms with Gasteiger partial charge in [0, 0.05) is 5.69 Å². The Bertz CT molecular complexity index is 1050. The minimum atomic E-state index is 0.533. The van der Waals surface area contributed by atoms with Gasteiger partial charge in [0.15, 0.2) is 10.4 Å². The van der Waals surface area contributed by atoms with Crippen LogP contribution in [0.1, 0.15) is 5.69 Å². The largest absolute Gasteiger partial charge is 0.329 e. The fraction of sp³-hybridized carbons (Fsp3) is 0.0769. The molecule has 1 N–H and O–H groups in total. The van der Waals surface area contributed by atoms with Crippen LogP contribution in [-0.2, 0) is 0 Å². The zero-order valence-electron chi connectivity index (χ0n) is 10.8. The minimum Gasteiger partial charge on any atom is -0.329 e. The van der Waals surface area contributed by atoms with Gasteiger partial charge in [-0.15, -0.1) is 0 Å². The normalized spacial score (nSPS) is 11.5. The van der Waals surface area contributed by atoms with E-state index in [4.69, 9.17) is 23.8 Å². The van der Waals surface area contributed by atoms with Crippen molar-refractivity contribution in [1.82, 2.24) is 23.3 Å². The second-order valence-corrected chi connectivity index (χ2v) is 5.94. The maximum Gasteiger partial charge on any atom is 0.184 e. The number of halogens is 1. The number of H-pyrrole nitrogens is 1. The first-order valence-corrected chi connectivity index (χ1v) is 7.66. The third-order valence-corrected chi connectivity index (χ3v) is 4.38. The van der Waals surface area contributed by atoms with Gasteiger partial charge in [-0.2, -0.15) is 8.75 Å². The maximum absolute atomic E-state index is 6.39. The van der Waals surface area contributed by atoms with E-state index >= 15 is 0 Å². The molecule has 0 bridgehead atoms. The highest BCUT2D eigenvalue weighted by Gasteiger charge is 2.16. The summed E-state index contributed by atoms with van der Waals surface area (Å²) in [6, 6.07) is 7.54. The summed E-state index contributed by atoms with van der Waals surface area (Å²) in [5, 5.41) is 0.565. The van der Waals surface area contributed by atoms with E-state index in [9.17, 15) is 0 Å². The summed E-state index contributed by atoms with van der Waals surface area (Å²) in [6.45, 7) is 1.94. The van der Waals surface area contributed by atoms with E-state index in [1.165, 1.54) is 0 Å². The van der Waals surface area contributed by atoms with E-state index in [1.54, 1.807) is 6.07 Å². The first-order chi connectivity index (χ1) is 10.1. The van der Waals surface area contributed by atoms with E-state index in [1.807, 2.05) is 29.7 Å². The maximum atomic E-state index is 6.39. The van der Waals surface area contributed by atoms with Crippen molar-refractivity contribution >= 4 is 57.7 Å². The highest BCUT2D eigenvalue weighted by molar-refractivity contribution is 7.71. The third kappa shape index (κ3) is 1.89. The summed E-state index contributed by atoms with van der Waals surface area (Å²) in [4.78, 5) is 7.72. The number of hydrogen-bond acceptors (Lipinski definition) is 5. The van der Waals surface area contributed by atoms with Crippen molar-refractivity contribution in [3.05, 3.63) is 39.8 Å². The summed E-state index contributed by atoms with van der Waals surface area (Å²) >= 11 is 13.0. The summed E-state index contributed by atoms with van der Waals surface area (Å²) in [6.07, 6.45) is 0. The molecule has 21 heavy (non-hydrogen) atoms. The third-order valence-electron chi connectivity index (χ3n) is 3.25. The molecule has 5 nitrogen and oxygen atoms in total. The number of aromatic nitrogens is 5. The fourth-order valence-corrected chi connectivity index (χ4v) is 3.37. The van der Waals surface area contributed by atoms with Gasteiger partial charge in [0.2, 0.25) is 0 Å². The van der Waals surface area contributed by atoms with Crippen molar-refractivity contribution < 1.29 is 0 Å². The molecule has 0 aliphatic carbocycles. The molecule has 8 heteroatoms. The van der Waals surface area contributed by atoms with E-state index < -0.39 is 0 Å². The second-order valence-electron chi connectivity index (χ2n) is 4.62. The summed E-state index contributed by atoms with van der Waals surface area (Å²) < 4.78 is 11.0. The van der Waals surface area contributed by atoms with Crippen molar-refractivity contribution in [2.75, 3.05) is 0 Å². The Morgan fingerprint density at radius 1 is 1.24 bits per heavy atom. The molecule has 0 atom stereocenters. The molecule has 0 saturated carbocycles. The number of hydrogen-bond donors (Lipinski definition) is 1. The van der Waals surface area contributed by atoms with Crippen molar-refractivity contribution in [2.45, 2.75) is 6.92 Å². The van der Waals surface area contributed by atoms with E-state index in [0.717, 1.165) is 45.3 Å². The van der Waals surface area contributed by atoms with Crippen LogP contribution in [0.2, 0.25) is 5.02 Å². The van der Waals surface area contributed by atoms with Crippen molar-refractivity contribution in [3.8, 4) is 5.69 Å². The van der Waals surface area contributed by atoms with Crippen molar-refractivity contribution in [2.24, 2.45) is 0 Å². The fourth-order valence-electron chi connectivity index (χ4n) is 2.31. The Morgan fingerprint density at radius 2 is 2.10 bits per heavy atom. The van der Waals surface area contributed by atoms with Crippen LogP contribution in [0.25, 0.3) is 27.9 Å². The Labute approximate surface area is 133 Å².